The SMILES string of the molecule is CC/C(=C(\c1ccc(O)cc1)c1ccc(/C=C/C(=O)O)cc1C#N)c1ccc(F)cc1Cl. The molecule has 0 saturated heterocycles. The van der Waals surface area contributed by atoms with Gasteiger partial charge in [0, 0.05) is 11.6 Å². The molecule has 0 aliphatic heterocycles. The number of phenols is 1. The van der Waals surface area contributed by atoms with Gasteiger partial charge in [-0.15, -0.1) is 0 Å². The Morgan fingerprint density at radius 1 is 1.09 bits per heavy atom. The van der Waals surface area contributed by atoms with Gasteiger partial charge in [0.1, 0.15) is 11.6 Å². The third kappa shape index (κ3) is 5.05. The number of phenolic OH excluding ortho intramolecular Hbond substituents is 1. The van der Waals surface area contributed by atoms with Gasteiger partial charge < -0.3 is 10.2 Å². The maximum Gasteiger partial charge on any atom is 0.328 e. The Balaban J connectivity index is 2.33. The summed E-state index contributed by atoms with van der Waals surface area (Å²) in [6, 6.07) is 18.0. The van der Waals surface area contributed by atoms with E-state index in [9.17, 15) is 19.6 Å². The van der Waals surface area contributed by atoms with Crippen molar-refractivity contribution in [2.75, 3.05) is 0 Å². The molecule has 0 radical (unpaired) electrons. The van der Waals surface area contributed by atoms with Gasteiger partial charge in [-0.1, -0.05) is 48.9 Å². The van der Waals surface area contributed by atoms with E-state index in [-0.39, 0.29) is 10.8 Å². The molecule has 0 fully saturated rings. The number of carboxylic acid groups (broad SMARTS) is 1. The van der Waals surface area contributed by atoms with Crippen LogP contribution in [0.3, 0.4) is 0 Å². The second kappa shape index (κ2) is 9.95. The Hall–Kier alpha value is -3.88. The summed E-state index contributed by atoms with van der Waals surface area (Å²) < 4.78 is 13.7. The number of rotatable bonds is 6. The lowest BCUT2D eigenvalue weighted by Gasteiger charge is -2.18. The lowest BCUT2D eigenvalue weighted by molar-refractivity contribution is -0.131. The van der Waals surface area contributed by atoms with Gasteiger partial charge in [-0.05, 0) is 70.7 Å². The van der Waals surface area contributed by atoms with Crippen LogP contribution in [0.15, 0.2) is 66.7 Å². The van der Waals surface area contributed by atoms with Crippen LogP contribution in [0.5, 0.6) is 5.75 Å². The summed E-state index contributed by atoms with van der Waals surface area (Å²) in [5, 5.41) is 28.7. The molecule has 0 atom stereocenters. The van der Waals surface area contributed by atoms with E-state index < -0.39 is 11.8 Å². The molecule has 0 amide bonds. The summed E-state index contributed by atoms with van der Waals surface area (Å²) in [5.41, 5.74) is 4.41. The minimum absolute atomic E-state index is 0.0978. The molecule has 0 unspecified atom stereocenters. The predicted molar refractivity (Wildman–Crippen MR) is 124 cm³/mol. The highest BCUT2D eigenvalue weighted by Gasteiger charge is 2.18. The topological polar surface area (TPSA) is 81.3 Å². The Kier molecular flexibility index (Phi) is 7.09. The molecule has 0 saturated carbocycles. The van der Waals surface area contributed by atoms with Crippen LogP contribution in [-0.4, -0.2) is 16.2 Å². The molecule has 4 nitrogen and oxygen atoms in total. The van der Waals surface area contributed by atoms with Crippen molar-refractivity contribution in [3.63, 3.8) is 0 Å². The molecule has 0 aliphatic carbocycles. The van der Waals surface area contributed by atoms with Crippen molar-refractivity contribution >= 4 is 34.8 Å². The molecule has 3 aromatic carbocycles. The molecule has 2 N–H and O–H groups in total. The van der Waals surface area contributed by atoms with Crippen molar-refractivity contribution in [2.45, 2.75) is 13.3 Å². The van der Waals surface area contributed by atoms with Crippen molar-refractivity contribution in [3.8, 4) is 11.8 Å². The summed E-state index contributed by atoms with van der Waals surface area (Å²) in [4.78, 5) is 10.8. The van der Waals surface area contributed by atoms with Gasteiger partial charge in [0.2, 0.25) is 0 Å². The summed E-state index contributed by atoms with van der Waals surface area (Å²) in [6.07, 6.45) is 2.95. The van der Waals surface area contributed by atoms with Gasteiger partial charge in [-0.3, -0.25) is 0 Å². The zero-order valence-electron chi connectivity index (χ0n) is 17.1. The maximum absolute atomic E-state index is 13.7. The van der Waals surface area contributed by atoms with Crippen LogP contribution in [0.25, 0.3) is 17.2 Å². The highest BCUT2D eigenvalue weighted by atomic mass is 35.5. The molecule has 6 heteroatoms. The highest BCUT2D eigenvalue weighted by Crippen LogP contribution is 2.39. The Morgan fingerprint density at radius 3 is 2.38 bits per heavy atom. The predicted octanol–water partition coefficient (Wildman–Crippen LogP) is 6.52. The first kappa shape index (κ1) is 22.8. The molecule has 3 rings (SSSR count). The van der Waals surface area contributed by atoms with E-state index in [4.69, 9.17) is 16.7 Å². The molecule has 0 spiro atoms. The number of hydrogen-bond donors (Lipinski definition) is 2. The maximum atomic E-state index is 13.7. The third-order valence-corrected chi connectivity index (χ3v) is 5.23. The fourth-order valence-electron chi connectivity index (χ4n) is 3.50. The second-order valence-electron chi connectivity index (χ2n) is 6.97. The van der Waals surface area contributed by atoms with Gasteiger partial charge in [-0.25, -0.2) is 9.18 Å². The summed E-state index contributed by atoms with van der Waals surface area (Å²) in [6.45, 7) is 1.94. The first-order valence-corrected chi connectivity index (χ1v) is 10.1. The first-order chi connectivity index (χ1) is 15.3. The number of aromatic hydroxyl groups is 1. The van der Waals surface area contributed by atoms with Crippen LogP contribution >= 0.6 is 11.6 Å². The van der Waals surface area contributed by atoms with Crippen LogP contribution in [0.1, 0.15) is 41.2 Å². The number of halogens is 2. The number of nitriles is 1. The van der Waals surface area contributed by atoms with Crippen molar-refractivity contribution in [3.05, 3.63) is 105 Å². The normalized spacial score (nSPS) is 11.8. The van der Waals surface area contributed by atoms with E-state index in [0.717, 1.165) is 17.2 Å². The largest absolute Gasteiger partial charge is 0.508 e. The van der Waals surface area contributed by atoms with Gasteiger partial charge >= 0.3 is 5.97 Å². The Morgan fingerprint density at radius 2 is 1.78 bits per heavy atom. The minimum Gasteiger partial charge on any atom is -0.508 e. The van der Waals surface area contributed by atoms with Crippen molar-refractivity contribution in [2.24, 2.45) is 0 Å². The zero-order chi connectivity index (χ0) is 23.3. The van der Waals surface area contributed by atoms with Gasteiger partial charge in [0.25, 0.3) is 0 Å². The molecule has 3 aromatic rings. The van der Waals surface area contributed by atoms with Crippen LogP contribution in [0.2, 0.25) is 5.02 Å². The zero-order valence-corrected chi connectivity index (χ0v) is 17.9. The smallest absolute Gasteiger partial charge is 0.328 e. The fraction of sp³-hybridized carbons (Fsp3) is 0.0769. The Labute approximate surface area is 190 Å². The number of benzene rings is 3. The van der Waals surface area contributed by atoms with E-state index in [2.05, 4.69) is 6.07 Å². The standard InChI is InChI=1S/C26H19ClFNO3/c1-2-21(23-11-7-19(28)14-24(23)27)26(17-5-8-20(30)9-6-17)22-10-3-16(4-12-25(31)32)13-18(22)15-29/h3-14,30H,2H2,1H3,(H,31,32)/b12-4+,26-21-. The van der Waals surface area contributed by atoms with Gasteiger partial charge in [0.05, 0.1) is 16.7 Å². The second-order valence-corrected chi connectivity index (χ2v) is 7.37. The quantitative estimate of drug-likeness (QED) is 0.332. The molecular formula is C26H19ClFNO3. The van der Waals surface area contributed by atoms with Crippen molar-refractivity contribution < 1.29 is 19.4 Å². The van der Waals surface area contributed by atoms with E-state index in [0.29, 0.717) is 34.2 Å². The number of allylic oxidation sites excluding steroid dienone is 1. The van der Waals surface area contributed by atoms with Crippen LogP contribution in [0, 0.1) is 17.1 Å². The van der Waals surface area contributed by atoms with E-state index >= 15 is 0 Å². The number of carboxylic acids is 1. The fourth-order valence-corrected chi connectivity index (χ4v) is 3.78. The number of nitrogens with zero attached hydrogens (tertiary/aromatic N) is 1. The summed E-state index contributed by atoms with van der Waals surface area (Å²) >= 11 is 6.37. The molecule has 0 heterocycles. The first-order valence-electron chi connectivity index (χ1n) is 9.77. The summed E-state index contributed by atoms with van der Waals surface area (Å²) in [5.74, 6) is -1.44. The minimum atomic E-state index is -1.09. The molecule has 0 aliphatic rings. The lowest BCUT2D eigenvalue weighted by Crippen LogP contribution is -1.99. The van der Waals surface area contributed by atoms with Crippen molar-refractivity contribution in [1.82, 2.24) is 0 Å². The lowest BCUT2D eigenvalue weighted by atomic mass is 9.85. The average Bonchev–Trinajstić information content (AvgIpc) is 2.77. The molecule has 160 valence electrons. The van der Waals surface area contributed by atoms with Crippen molar-refractivity contribution in [1.29, 1.82) is 5.26 Å². The van der Waals surface area contributed by atoms with Crippen LogP contribution in [0.4, 0.5) is 4.39 Å². The van der Waals surface area contributed by atoms with Gasteiger partial charge in [0.15, 0.2) is 0 Å². The van der Waals surface area contributed by atoms with E-state index in [1.54, 1.807) is 48.5 Å². The molecular weight excluding hydrogens is 429 g/mol. The molecule has 32 heavy (non-hydrogen) atoms. The molecule has 0 bridgehead atoms. The van der Waals surface area contributed by atoms with Crippen LogP contribution < -0.4 is 0 Å². The number of carbonyl (C=O) groups is 1. The van der Waals surface area contributed by atoms with E-state index in [1.165, 1.54) is 18.2 Å². The number of aliphatic carboxylic acids is 1. The number of hydrogen-bond acceptors (Lipinski definition) is 3. The molecule has 0 aromatic heterocycles. The summed E-state index contributed by atoms with van der Waals surface area (Å²) in [7, 11) is 0. The highest BCUT2D eigenvalue weighted by molar-refractivity contribution is 6.32. The third-order valence-electron chi connectivity index (χ3n) is 4.92. The average molecular weight is 448 g/mol. The monoisotopic (exact) mass is 447 g/mol. The van der Waals surface area contributed by atoms with E-state index in [1.807, 2.05) is 6.92 Å². The van der Waals surface area contributed by atoms with Crippen LogP contribution in [-0.2, 0) is 4.79 Å². The Bertz CT molecular complexity index is 1270. The van der Waals surface area contributed by atoms with Gasteiger partial charge in [-0.2, -0.15) is 5.26 Å².